The summed E-state index contributed by atoms with van der Waals surface area (Å²) in [6, 6.07) is 60.3. The third-order valence-electron chi connectivity index (χ3n) is 9.37. The lowest BCUT2D eigenvalue weighted by Crippen LogP contribution is -2.14. The second kappa shape index (κ2) is 22.9. The van der Waals surface area contributed by atoms with Crippen molar-refractivity contribution >= 4 is 5.76 Å². The van der Waals surface area contributed by atoms with Gasteiger partial charge in [-0.15, -0.1) is 0 Å². The molecule has 6 heteroatoms. The lowest BCUT2D eigenvalue weighted by atomic mass is 10.0. The van der Waals surface area contributed by atoms with Crippen molar-refractivity contribution in [2.24, 2.45) is 0 Å². The van der Waals surface area contributed by atoms with Crippen molar-refractivity contribution in [3.8, 4) is 28.7 Å². The molecule has 0 saturated carbocycles. The fourth-order valence-electron chi connectivity index (χ4n) is 6.39. The van der Waals surface area contributed by atoms with Crippen LogP contribution in [0.1, 0.15) is 66.6 Å². The first kappa shape index (κ1) is 42.7. The van der Waals surface area contributed by atoms with Crippen LogP contribution < -0.4 is 23.7 Å². The van der Waals surface area contributed by atoms with Gasteiger partial charge in [0, 0.05) is 29.7 Å². The molecule has 0 unspecified atom stereocenters. The maximum atomic E-state index is 6.89. The molecule has 0 amide bonds. The highest BCUT2D eigenvalue weighted by atomic mass is 16.5. The highest BCUT2D eigenvalue weighted by Gasteiger charge is 2.28. The monoisotopic (exact) mass is 798 g/mol. The Bertz CT molecular complexity index is 2350. The molecule has 0 atom stereocenters. The minimum atomic E-state index is 0.368. The van der Waals surface area contributed by atoms with E-state index in [0.29, 0.717) is 79.7 Å². The molecule has 6 nitrogen and oxygen atoms in total. The van der Waals surface area contributed by atoms with Gasteiger partial charge in [0.05, 0.1) is 0 Å². The van der Waals surface area contributed by atoms with E-state index < -0.39 is 0 Å². The highest BCUT2D eigenvalue weighted by molar-refractivity contribution is 5.71. The molecular formula is C54H54O6. The third-order valence-corrected chi connectivity index (χ3v) is 9.37. The molecule has 0 fully saturated rings. The molecule has 7 aromatic rings. The molecule has 1 heterocycles. The summed E-state index contributed by atoms with van der Waals surface area (Å²) in [5.41, 5.74) is 6.95. The van der Waals surface area contributed by atoms with Crippen LogP contribution in [0.3, 0.4) is 0 Å². The molecule has 1 aliphatic rings. The van der Waals surface area contributed by atoms with E-state index in [4.69, 9.17) is 28.4 Å². The van der Waals surface area contributed by atoms with Crippen molar-refractivity contribution < 1.29 is 28.4 Å². The van der Waals surface area contributed by atoms with Crippen LogP contribution in [0.2, 0.25) is 0 Å². The fraction of sp³-hybridized carbons (Fsp3) is 0.185. The van der Waals surface area contributed by atoms with E-state index in [1.54, 1.807) is 0 Å². The van der Waals surface area contributed by atoms with Gasteiger partial charge in [0.2, 0.25) is 0 Å². The number of rotatable bonds is 16. The zero-order valence-corrected chi connectivity index (χ0v) is 35.0. The average Bonchev–Trinajstić information content (AvgIpc) is 3.33. The second-order valence-corrected chi connectivity index (χ2v) is 13.5. The van der Waals surface area contributed by atoms with E-state index in [1.165, 1.54) is 0 Å². The Morgan fingerprint density at radius 3 is 1.25 bits per heavy atom. The van der Waals surface area contributed by atoms with Crippen LogP contribution in [-0.2, 0) is 44.2 Å². The van der Waals surface area contributed by atoms with Crippen molar-refractivity contribution in [2.45, 2.75) is 67.2 Å². The van der Waals surface area contributed by atoms with Crippen molar-refractivity contribution in [3.05, 3.63) is 227 Å². The topological polar surface area (TPSA) is 55.4 Å². The standard InChI is InChI=1S/C50H42O6.2C2H6/c1-6-16-37(17-7-1)32-51-43-29-46(53-34-39-20-10-3-11-21-39)44-31-49(55-36-41-24-14-5-15-25-41)50(56-47(44)30-43)42-26-27-45(52-33-38-18-8-2-9-19-38)48(28-42)54-35-40-22-12-4-13-23-40;2*1-2/h1-30H,31-36H2;2*1-2H3. The van der Waals surface area contributed by atoms with Gasteiger partial charge in [-0.3, -0.25) is 0 Å². The van der Waals surface area contributed by atoms with Gasteiger partial charge in [-0.25, -0.2) is 0 Å². The Morgan fingerprint density at radius 1 is 0.383 bits per heavy atom. The molecule has 0 aliphatic carbocycles. The normalized spacial score (nSPS) is 11.3. The summed E-state index contributed by atoms with van der Waals surface area (Å²) in [6.45, 7) is 9.93. The lowest BCUT2D eigenvalue weighted by Gasteiger charge is -2.27. The van der Waals surface area contributed by atoms with Crippen LogP contribution in [0.25, 0.3) is 5.76 Å². The molecule has 1 aliphatic heterocycles. The molecule has 0 spiro atoms. The van der Waals surface area contributed by atoms with Crippen molar-refractivity contribution in [3.63, 3.8) is 0 Å². The first-order valence-electron chi connectivity index (χ1n) is 20.8. The first-order chi connectivity index (χ1) is 29.7. The summed E-state index contributed by atoms with van der Waals surface area (Å²) < 4.78 is 39.3. The van der Waals surface area contributed by atoms with Gasteiger partial charge >= 0.3 is 0 Å². The maximum Gasteiger partial charge on any atom is 0.172 e. The number of benzene rings is 7. The first-order valence-corrected chi connectivity index (χ1v) is 20.8. The molecule has 306 valence electrons. The Hall–Kier alpha value is -6.92. The highest BCUT2D eigenvalue weighted by Crippen LogP contribution is 2.44. The zero-order valence-electron chi connectivity index (χ0n) is 35.0. The molecular weight excluding hydrogens is 745 g/mol. The molecule has 0 saturated heterocycles. The van der Waals surface area contributed by atoms with Crippen molar-refractivity contribution in [1.29, 1.82) is 0 Å². The minimum absolute atomic E-state index is 0.368. The Morgan fingerprint density at radius 2 is 0.783 bits per heavy atom. The smallest absolute Gasteiger partial charge is 0.172 e. The maximum absolute atomic E-state index is 6.89. The Balaban J connectivity index is 0.00000147. The van der Waals surface area contributed by atoms with Gasteiger partial charge in [-0.1, -0.05) is 179 Å². The molecule has 60 heavy (non-hydrogen) atoms. The van der Waals surface area contributed by atoms with Crippen LogP contribution in [0.4, 0.5) is 0 Å². The molecule has 7 aromatic carbocycles. The van der Waals surface area contributed by atoms with E-state index in [1.807, 2.05) is 185 Å². The zero-order chi connectivity index (χ0) is 41.8. The summed E-state index contributed by atoms with van der Waals surface area (Å²) in [5, 5.41) is 0. The molecule has 0 aromatic heterocycles. The second-order valence-electron chi connectivity index (χ2n) is 13.5. The predicted molar refractivity (Wildman–Crippen MR) is 241 cm³/mol. The van der Waals surface area contributed by atoms with Gasteiger partial charge in [0.25, 0.3) is 0 Å². The van der Waals surface area contributed by atoms with E-state index in [-0.39, 0.29) is 0 Å². The van der Waals surface area contributed by atoms with Crippen LogP contribution in [0.5, 0.6) is 28.7 Å². The number of fused-ring (bicyclic) bond motifs is 1. The SMILES string of the molecule is CC.CC.c1ccc(COC2=C(c3ccc(OCc4ccccc4)c(OCc4ccccc4)c3)Oc3cc(OCc4ccccc4)cc(OCc4ccccc4)c3C2)cc1. The van der Waals surface area contributed by atoms with Crippen molar-refractivity contribution in [1.82, 2.24) is 0 Å². The summed E-state index contributed by atoms with van der Waals surface area (Å²) >= 11 is 0. The Kier molecular flexibility index (Phi) is 16.3. The van der Waals surface area contributed by atoms with E-state index in [0.717, 1.165) is 38.9 Å². The number of hydrogen-bond donors (Lipinski definition) is 0. The summed E-state index contributed by atoms with van der Waals surface area (Å²) in [5.74, 6) is 4.43. The van der Waals surface area contributed by atoms with Gasteiger partial charge in [0.1, 0.15) is 56.0 Å². The summed E-state index contributed by atoms with van der Waals surface area (Å²) in [7, 11) is 0. The number of allylic oxidation sites excluding steroid dienone is 1. The molecule has 0 bridgehead atoms. The number of hydrogen-bond acceptors (Lipinski definition) is 6. The quantitative estimate of drug-likeness (QED) is 0.0970. The largest absolute Gasteiger partial charge is 0.489 e. The Labute approximate surface area is 355 Å². The van der Waals surface area contributed by atoms with Gasteiger partial charge in [0.15, 0.2) is 17.3 Å². The van der Waals surface area contributed by atoms with Gasteiger partial charge in [-0.2, -0.15) is 0 Å². The minimum Gasteiger partial charge on any atom is -0.489 e. The third kappa shape index (κ3) is 12.1. The predicted octanol–water partition coefficient (Wildman–Crippen LogP) is 13.6. The fourth-order valence-corrected chi connectivity index (χ4v) is 6.39. The van der Waals surface area contributed by atoms with Gasteiger partial charge < -0.3 is 28.4 Å². The van der Waals surface area contributed by atoms with E-state index in [9.17, 15) is 0 Å². The van der Waals surface area contributed by atoms with Gasteiger partial charge in [-0.05, 0) is 46.0 Å². The summed E-state index contributed by atoms with van der Waals surface area (Å²) in [6.07, 6.45) is 0.438. The van der Waals surface area contributed by atoms with Crippen molar-refractivity contribution in [2.75, 3.05) is 0 Å². The lowest BCUT2D eigenvalue weighted by molar-refractivity contribution is 0.182. The van der Waals surface area contributed by atoms with Crippen LogP contribution >= 0.6 is 0 Å². The van der Waals surface area contributed by atoms with E-state index in [2.05, 4.69) is 24.3 Å². The van der Waals surface area contributed by atoms with Crippen LogP contribution in [0, 0.1) is 0 Å². The molecule has 0 N–H and O–H groups in total. The number of ether oxygens (including phenoxy) is 6. The molecule has 0 radical (unpaired) electrons. The van der Waals surface area contributed by atoms with Crippen LogP contribution in [-0.4, -0.2) is 0 Å². The summed E-state index contributed by atoms with van der Waals surface area (Å²) in [4.78, 5) is 0. The molecule has 8 rings (SSSR count). The van der Waals surface area contributed by atoms with E-state index >= 15 is 0 Å². The van der Waals surface area contributed by atoms with Crippen LogP contribution in [0.15, 0.2) is 188 Å². The average molecular weight is 799 g/mol.